The molecule has 2 aliphatic heterocycles. The van der Waals surface area contributed by atoms with E-state index >= 15 is 0 Å². The van der Waals surface area contributed by atoms with Crippen LogP contribution in [0.1, 0.15) is 42.0 Å². The monoisotopic (exact) mass is 546 g/mol. The van der Waals surface area contributed by atoms with E-state index in [1.165, 1.54) is 22.3 Å². The summed E-state index contributed by atoms with van der Waals surface area (Å²) >= 11 is 3.57. The van der Waals surface area contributed by atoms with Gasteiger partial charge in [0.2, 0.25) is 0 Å². The molecule has 3 aromatic carbocycles. The molecular formula is C29H27BrN2O4. The summed E-state index contributed by atoms with van der Waals surface area (Å²) in [5.74, 6) is -0.372. The Hall–Kier alpha value is -3.32. The zero-order valence-corrected chi connectivity index (χ0v) is 21.5. The average Bonchev–Trinajstić information content (AvgIpc) is 3.47. The van der Waals surface area contributed by atoms with Crippen molar-refractivity contribution in [3.63, 3.8) is 0 Å². The third-order valence-electron chi connectivity index (χ3n) is 7.63. The van der Waals surface area contributed by atoms with Crippen molar-refractivity contribution in [2.75, 3.05) is 25.1 Å². The van der Waals surface area contributed by atoms with Gasteiger partial charge in [-0.2, -0.15) is 0 Å². The van der Waals surface area contributed by atoms with E-state index in [-0.39, 0.29) is 36.5 Å². The van der Waals surface area contributed by atoms with Gasteiger partial charge in [0.05, 0.1) is 12.6 Å². The normalized spacial score (nSPS) is 21.6. The van der Waals surface area contributed by atoms with Gasteiger partial charge in [-0.3, -0.25) is 0 Å². The van der Waals surface area contributed by atoms with Crippen LogP contribution in [-0.2, 0) is 14.3 Å². The smallest absolute Gasteiger partial charge is 0.410 e. The van der Waals surface area contributed by atoms with Gasteiger partial charge >= 0.3 is 12.1 Å². The first-order valence-electron chi connectivity index (χ1n) is 12.4. The van der Waals surface area contributed by atoms with Crippen molar-refractivity contribution < 1.29 is 19.1 Å². The lowest BCUT2D eigenvalue weighted by molar-refractivity contribution is -0.145. The molecule has 0 saturated carbocycles. The number of nitrogens with one attached hydrogen (secondary N) is 1. The van der Waals surface area contributed by atoms with Gasteiger partial charge in [-0.1, -0.05) is 64.5 Å². The van der Waals surface area contributed by atoms with Crippen LogP contribution in [0.2, 0.25) is 0 Å². The summed E-state index contributed by atoms with van der Waals surface area (Å²) in [6.07, 6.45) is 0.344. The summed E-state index contributed by atoms with van der Waals surface area (Å²) < 4.78 is 12.3. The molecule has 184 valence electrons. The largest absolute Gasteiger partial charge is 0.464 e. The molecule has 1 unspecified atom stereocenters. The number of esters is 1. The topological polar surface area (TPSA) is 67.9 Å². The second-order valence-corrected chi connectivity index (χ2v) is 10.4. The Balaban J connectivity index is 1.26. The third-order valence-corrected chi connectivity index (χ3v) is 8.12. The molecule has 3 aromatic rings. The lowest BCUT2D eigenvalue weighted by Gasteiger charge is -2.38. The molecule has 36 heavy (non-hydrogen) atoms. The maximum absolute atomic E-state index is 13.5. The molecule has 6 rings (SSSR count). The fourth-order valence-corrected chi connectivity index (χ4v) is 6.47. The lowest BCUT2D eigenvalue weighted by atomic mass is 9.83. The number of fused-ring (bicyclic) bond motifs is 6. The lowest BCUT2D eigenvalue weighted by Crippen LogP contribution is -2.46. The number of benzene rings is 3. The first kappa shape index (κ1) is 23.1. The second kappa shape index (κ2) is 9.28. The van der Waals surface area contributed by atoms with E-state index in [4.69, 9.17) is 9.47 Å². The van der Waals surface area contributed by atoms with Crippen molar-refractivity contribution >= 4 is 33.7 Å². The number of likely N-dealkylation sites (tertiary alicyclic amines) is 1. The van der Waals surface area contributed by atoms with Gasteiger partial charge in [0.15, 0.2) is 0 Å². The SMILES string of the molecule is CCOC(=O)[C@@H]1Nc2ccc(Br)cc2C2[C@@H]1CCN2C(=O)OCC1c2ccccc2-c2ccccc21. The molecule has 1 aliphatic carbocycles. The third kappa shape index (κ3) is 3.77. The van der Waals surface area contributed by atoms with Crippen LogP contribution in [0, 0.1) is 5.92 Å². The van der Waals surface area contributed by atoms with Crippen molar-refractivity contribution in [2.45, 2.75) is 31.3 Å². The van der Waals surface area contributed by atoms with Gasteiger partial charge in [0.1, 0.15) is 12.6 Å². The Kier molecular flexibility index (Phi) is 5.96. The Labute approximate surface area is 218 Å². The number of carbonyl (C=O) groups is 2. The summed E-state index contributed by atoms with van der Waals surface area (Å²) in [7, 11) is 0. The van der Waals surface area contributed by atoms with Crippen LogP contribution in [-0.4, -0.2) is 42.8 Å². The number of rotatable bonds is 4. The summed E-state index contributed by atoms with van der Waals surface area (Å²) in [4.78, 5) is 28.1. The molecule has 1 amide bonds. The van der Waals surface area contributed by atoms with E-state index in [1.807, 2.05) is 42.5 Å². The van der Waals surface area contributed by atoms with Gasteiger partial charge in [-0.05, 0) is 59.4 Å². The van der Waals surface area contributed by atoms with Crippen LogP contribution in [0.5, 0.6) is 0 Å². The van der Waals surface area contributed by atoms with Gasteiger partial charge in [0.25, 0.3) is 0 Å². The highest BCUT2D eigenvalue weighted by atomic mass is 79.9. The summed E-state index contributed by atoms with van der Waals surface area (Å²) in [5, 5.41) is 3.36. The molecule has 6 nitrogen and oxygen atoms in total. The maximum atomic E-state index is 13.5. The van der Waals surface area contributed by atoms with Gasteiger partial charge in [-0.25, -0.2) is 9.59 Å². The first-order chi connectivity index (χ1) is 17.6. The van der Waals surface area contributed by atoms with E-state index in [2.05, 4.69) is 45.5 Å². The van der Waals surface area contributed by atoms with Crippen LogP contribution in [0.15, 0.2) is 71.2 Å². The highest BCUT2D eigenvalue weighted by molar-refractivity contribution is 9.10. The second-order valence-electron chi connectivity index (χ2n) is 9.50. The van der Waals surface area contributed by atoms with Crippen LogP contribution in [0.3, 0.4) is 0 Å². The zero-order valence-electron chi connectivity index (χ0n) is 19.9. The molecule has 3 atom stereocenters. The molecular weight excluding hydrogens is 520 g/mol. The molecule has 1 N–H and O–H groups in total. The molecule has 2 heterocycles. The van der Waals surface area contributed by atoms with E-state index in [9.17, 15) is 9.59 Å². The molecule has 3 aliphatic rings. The quantitative estimate of drug-likeness (QED) is 0.399. The summed E-state index contributed by atoms with van der Waals surface area (Å²) in [6, 6.07) is 21.8. The van der Waals surface area contributed by atoms with Gasteiger partial charge in [-0.15, -0.1) is 0 Å². The van der Waals surface area contributed by atoms with Crippen LogP contribution in [0.25, 0.3) is 11.1 Å². The highest BCUT2D eigenvalue weighted by Gasteiger charge is 2.49. The molecule has 1 saturated heterocycles. The van der Waals surface area contributed by atoms with Gasteiger partial charge in [0, 0.05) is 28.5 Å². The Bertz CT molecular complexity index is 1300. The van der Waals surface area contributed by atoms with Gasteiger partial charge < -0.3 is 19.7 Å². The number of halogens is 1. The van der Waals surface area contributed by atoms with Crippen molar-refractivity contribution in [2.24, 2.45) is 5.92 Å². The van der Waals surface area contributed by atoms with Crippen molar-refractivity contribution in [3.05, 3.63) is 87.9 Å². The van der Waals surface area contributed by atoms with Crippen molar-refractivity contribution in [1.82, 2.24) is 4.90 Å². The van der Waals surface area contributed by atoms with Crippen molar-refractivity contribution in [3.8, 4) is 11.1 Å². The number of anilines is 1. The predicted molar refractivity (Wildman–Crippen MR) is 141 cm³/mol. The van der Waals surface area contributed by atoms with E-state index < -0.39 is 6.04 Å². The number of amides is 1. The molecule has 0 bridgehead atoms. The maximum Gasteiger partial charge on any atom is 0.410 e. The minimum Gasteiger partial charge on any atom is -0.464 e. The van der Waals surface area contributed by atoms with E-state index in [0.29, 0.717) is 19.6 Å². The Morgan fingerprint density at radius 1 is 0.972 bits per heavy atom. The van der Waals surface area contributed by atoms with Crippen LogP contribution >= 0.6 is 15.9 Å². The highest BCUT2D eigenvalue weighted by Crippen LogP contribution is 2.48. The van der Waals surface area contributed by atoms with E-state index in [0.717, 1.165) is 15.7 Å². The van der Waals surface area contributed by atoms with Crippen molar-refractivity contribution in [1.29, 1.82) is 0 Å². The molecule has 0 aromatic heterocycles. The minimum atomic E-state index is -0.505. The molecule has 7 heteroatoms. The number of carbonyl (C=O) groups excluding carboxylic acids is 2. The standard InChI is InChI=1S/C29H27BrN2O4/c1-2-35-28(33)26-22-13-14-32(27(22)23-15-17(30)11-12-25(23)31-26)29(34)36-16-24-20-9-5-3-7-18(20)19-8-4-6-10-21(19)24/h3-12,15,22,24,26-27,31H,2,13-14,16H2,1H3/t22-,26-,27?/m1/s1. The fraction of sp³-hybridized carbons (Fsp3) is 0.310. The number of ether oxygens (including phenoxy) is 2. The predicted octanol–water partition coefficient (Wildman–Crippen LogP) is 6.12. The summed E-state index contributed by atoms with van der Waals surface area (Å²) in [6.45, 7) is 2.92. The number of nitrogens with zero attached hydrogens (tertiary/aromatic N) is 1. The number of hydrogen-bond donors (Lipinski definition) is 1. The number of hydrogen-bond acceptors (Lipinski definition) is 5. The first-order valence-corrected chi connectivity index (χ1v) is 13.2. The molecule has 1 fully saturated rings. The Morgan fingerprint density at radius 3 is 2.36 bits per heavy atom. The summed E-state index contributed by atoms with van der Waals surface area (Å²) in [5.41, 5.74) is 6.60. The van der Waals surface area contributed by atoms with Crippen LogP contribution in [0.4, 0.5) is 10.5 Å². The average molecular weight is 547 g/mol. The van der Waals surface area contributed by atoms with Crippen LogP contribution < -0.4 is 5.32 Å². The Morgan fingerprint density at radius 2 is 1.67 bits per heavy atom. The fourth-order valence-electron chi connectivity index (χ4n) is 6.10. The molecule has 0 radical (unpaired) electrons. The minimum absolute atomic E-state index is 0.00137. The molecule has 0 spiro atoms. The van der Waals surface area contributed by atoms with E-state index in [1.54, 1.807) is 11.8 Å². The zero-order chi connectivity index (χ0) is 24.8.